The molecular weight excluding hydrogens is 449 g/mol. The lowest BCUT2D eigenvalue weighted by atomic mass is 10.2. The summed E-state index contributed by atoms with van der Waals surface area (Å²) in [6.07, 6.45) is 2.05. The average Bonchev–Trinajstić information content (AvgIpc) is 3.48. The molecule has 4 rings (SSSR count). The van der Waals surface area contributed by atoms with Gasteiger partial charge in [-0.1, -0.05) is 18.2 Å². The molecule has 1 aromatic heterocycles. The van der Waals surface area contributed by atoms with Crippen molar-refractivity contribution in [1.29, 1.82) is 0 Å². The Morgan fingerprint density at radius 3 is 2.63 bits per heavy atom. The first kappa shape index (κ1) is 24.5. The number of hydrogen-bond donors (Lipinski definition) is 2. The van der Waals surface area contributed by atoms with E-state index >= 15 is 0 Å². The summed E-state index contributed by atoms with van der Waals surface area (Å²) in [5.41, 5.74) is 3.73. The van der Waals surface area contributed by atoms with E-state index in [2.05, 4.69) is 10.6 Å². The lowest BCUT2D eigenvalue weighted by molar-refractivity contribution is -0.123. The Bertz CT molecular complexity index is 1180. The summed E-state index contributed by atoms with van der Waals surface area (Å²) >= 11 is 0. The number of nitrogens with zero attached hydrogens (tertiary/aromatic N) is 1. The van der Waals surface area contributed by atoms with Gasteiger partial charge in [0.15, 0.2) is 6.61 Å². The normalized spacial score (nSPS) is 15.1. The van der Waals surface area contributed by atoms with Crippen LogP contribution in [0.5, 0.6) is 5.75 Å². The second-order valence-corrected chi connectivity index (χ2v) is 8.61. The average molecular weight is 480 g/mol. The van der Waals surface area contributed by atoms with Crippen LogP contribution in [0.15, 0.2) is 54.6 Å². The van der Waals surface area contributed by atoms with Gasteiger partial charge in [0.2, 0.25) is 0 Å². The minimum Gasteiger partial charge on any atom is -0.483 e. The van der Waals surface area contributed by atoms with Crippen LogP contribution >= 0.6 is 0 Å². The smallest absolute Gasteiger partial charge is 0.258 e. The molecule has 184 valence electrons. The number of benzene rings is 2. The third-order valence-electron chi connectivity index (χ3n) is 6.08. The summed E-state index contributed by atoms with van der Waals surface area (Å²) < 4.78 is 26.5. The highest BCUT2D eigenvalue weighted by molar-refractivity contribution is 5.96. The Kier molecular flexibility index (Phi) is 7.82. The van der Waals surface area contributed by atoms with Crippen LogP contribution in [-0.4, -0.2) is 42.2 Å². The van der Waals surface area contributed by atoms with Crippen molar-refractivity contribution in [2.24, 2.45) is 0 Å². The lowest BCUT2D eigenvalue weighted by Crippen LogP contribution is -2.35. The molecule has 7 nitrogen and oxygen atoms in total. The highest BCUT2D eigenvalue weighted by atomic mass is 19.1. The van der Waals surface area contributed by atoms with E-state index in [0.717, 1.165) is 42.1 Å². The van der Waals surface area contributed by atoms with Gasteiger partial charge in [-0.05, 0) is 63.1 Å². The van der Waals surface area contributed by atoms with Crippen LogP contribution in [-0.2, 0) is 16.1 Å². The number of aryl methyl sites for hydroxylation is 1. The molecule has 0 spiro atoms. The largest absolute Gasteiger partial charge is 0.483 e. The highest BCUT2D eigenvalue weighted by Gasteiger charge is 2.18. The number of nitrogens with one attached hydrogen (secondary N) is 2. The van der Waals surface area contributed by atoms with E-state index in [1.807, 2.05) is 42.7 Å². The van der Waals surface area contributed by atoms with Gasteiger partial charge < -0.3 is 24.7 Å². The van der Waals surface area contributed by atoms with Crippen molar-refractivity contribution in [3.63, 3.8) is 0 Å². The first-order valence-corrected chi connectivity index (χ1v) is 11.7. The number of ether oxygens (including phenoxy) is 2. The lowest BCUT2D eigenvalue weighted by Gasteiger charge is -2.14. The fourth-order valence-corrected chi connectivity index (χ4v) is 4.27. The van der Waals surface area contributed by atoms with Crippen molar-refractivity contribution in [1.82, 2.24) is 15.2 Å². The number of amides is 2. The van der Waals surface area contributed by atoms with Crippen molar-refractivity contribution in [3.05, 3.63) is 82.9 Å². The monoisotopic (exact) mass is 479 g/mol. The maximum atomic E-state index is 13.3. The molecule has 35 heavy (non-hydrogen) atoms. The number of carbonyl (C=O) groups is 2. The number of para-hydroxylation sites is 1. The van der Waals surface area contributed by atoms with E-state index in [1.165, 1.54) is 12.1 Å². The van der Waals surface area contributed by atoms with Crippen LogP contribution in [0.2, 0.25) is 0 Å². The van der Waals surface area contributed by atoms with Gasteiger partial charge in [-0.15, -0.1) is 0 Å². The predicted molar refractivity (Wildman–Crippen MR) is 130 cm³/mol. The second kappa shape index (κ2) is 11.2. The van der Waals surface area contributed by atoms with Crippen LogP contribution in [0, 0.1) is 19.7 Å². The SMILES string of the molecule is Cc1cc(C(=O)NCc2ccccc2OCC(=O)NCC2CCCO2)c(C)n1-c1ccc(F)cc1. The van der Waals surface area contributed by atoms with Crippen molar-refractivity contribution in [2.75, 3.05) is 19.8 Å². The van der Waals surface area contributed by atoms with Gasteiger partial charge in [0.1, 0.15) is 11.6 Å². The molecule has 1 atom stereocenters. The van der Waals surface area contributed by atoms with Gasteiger partial charge in [0, 0.05) is 42.3 Å². The number of aromatic nitrogens is 1. The Morgan fingerprint density at radius 2 is 1.89 bits per heavy atom. The number of halogens is 1. The van der Waals surface area contributed by atoms with E-state index in [9.17, 15) is 14.0 Å². The number of hydrogen-bond acceptors (Lipinski definition) is 4. The molecular formula is C27H30FN3O4. The van der Waals surface area contributed by atoms with E-state index in [1.54, 1.807) is 18.2 Å². The van der Waals surface area contributed by atoms with Gasteiger partial charge in [0.25, 0.3) is 11.8 Å². The summed E-state index contributed by atoms with van der Waals surface area (Å²) in [6.45, 7) is 5.11. The fraction of sp³-hybridized carbons (Fsp3) is 0.333. The maximum absolute atomic E-state index is 13.3. The fourth-order valence-electron chi connectivity index (χ4n) is 4.27. The van der Waals surface area contributed by atoms with Crippen LogP contribution in [0.25, 0.3) is 5.69 Å². The molecule has 0 saturated carbocycles. The zero-order valence-corrected chi connectivity index (χ0v) is 20.0. The van der Waals surface area contributed by atoms with Crippen molar-refractivity contribution >= 4 is 11.8 Å². The molecule has 2 amide bonds. The van der Waals surface area contributed by atoms with Crippen molar-refractivity contribution < 1.29 is 23.5 Å². The third-order valence-corrected chi connectivity index (χ3v) is 6.08. The van der Waals surface area contributed by atoms with Crippen molar-refractivity contribution in [3.8, 4) is 11.4 Å². The standard InChI is InChI=1S/C27H30FN3O4/c1-18-14-24(19(2)31(18)22-11-9-21(28)10-12-22)27(33)30-15-20-6-3-4-8-25(20)35-17-26(32)29-16-23-7-5-13-34-23/h3-4,6,8-12,14,23H,5,7,13,15-17H2,1-2H3,(H,29,32)(H,30,33). The molecule has 0 bridgehead atoms. The molecule has 0 radical (unpaired) electrons. The van der Waals surface area contributed by atoms with E-state index in [-0.39, 0.29) is 36.9 Å². The molecule has 0 aliphatic carbocycles. The number of carbonyl (C=O) groups excluding carboxylic acids is 2. The highest BCUT2D eigenvalue weighted by Crippen LogP contribution is 2.22. The van der Waals surface area contributed by atoms with Crippen LogP contribution in [0.3, 0.4) is 0 Å². The zero-order valence-electron chi connectivity index (χ0n) is 20.0. The van der Waals surface area contributed by atoms with Gasteiger partial charge in [-0.3, -0.25) is 9.59 Å². The second-order valence-electron chi connectivity index (χ2n) is 8.61. The topological polar surface area (TPSA) is 81.6 Å². The Hall–Kier alpha value is -3.65. The summed E-state index contributed by atoms with van der Waals surface area (Å²) in [5.74, 6) is -0.213. The quantitative estimate of drug-likeness (QED) is 0.489. The molecule has 1 unspecified atom stereocenters. The van der Waals surface area contributed by atoms with Crippen LogP contribution in [0.4, 0.5) is 4.39 Å². The predicted octanol–water partition coefficient (Wildman–Crippen LogP) is 3.84. The van der Waals surface area contributed by atoms with Gasteiger partial charge in [-0.25, -0.2) is 4.39 Å². The summed E-state index contributed by atoms with van der Waals surface area (Å²) in [5, 5.41) is 5.77. The zero-order chi connectivity index (χ0) is 24.8. The minimum absolute atomic E-state index is 0.0754. The first-order chi connectivity index (χ1) is 16.9. The maximum Gasteiger partial charge on any atom is 0.258 e. The molecule has 3 aromatic rings. The molecule has 2 heterocycles. The Balaban J connectivity index is 1.36. The molecule has 1 aliphatic rings. The summed E-state index contributed by atoms with van der Waals surface area (Å²) in [6, 6.07) is 15.3. The molecule has 1 aliphatic heterocycles. The molecule has 2 N–H and O–H groups in total. The first-order valence-electron chi connectivity index (χ1n) is 11.7. The third kappa shape index (κ3) is 6.08. The van der Waals surface area contributed by atoms with E-state index in [4.69, 9.17) is 9.47 Å². The minimum atomic E-state index is -0.310. The van der Waals surface area contributed by atoms with Crippen molar-refractivity contribution in [2.45, 2.75) is 39.3 Å². The molecule has 1 saturated heterocycles. The van der Waals surface area contributed by atoms with Gasteiger partial charge in [-0.2, -0.15) is 0 Å². The summed E-state index contributed by atoms with van der Waals surface area (Å²) in [7, 11) is 0. The van der Waals surface area contributed by atoms with Gasteiger partial charge >= 0.3 is 0 Å². The number of rotatable bonds is 9. The molecule has 1 fully saturated rings. The van der Waals surface area contributed by atoms with Crippen LogP contribution < -0.4 is 15.4 Å². The van der Waals surface area contributed by atoms with E-state index < -0.39 is 0 Å². The molecule has 8 heteroatoms. The Morgan fingerprint density at radius 1 is 1.11 bits per heavy atom. The van der Waals surface area contributed by atoms with Gasteiger partial charge in [0.05, 0.1) is 11.7 Å². The van der Waals surface area contributed by atoms with E-state index in [0.29, 0.717) is 17.9 Å². The Labute approximate surface area is 204 Å². The summed E-state index contributed by atoms with van der Waals surface area (Å²) in [4.78, 5) is 25.1. The molecule has 2 aromatic carbocycles. The van der Waals surface area contributed by atoms with Crippen LogP contribution in [0.1, 0.15) is 40.2 Å².